The van der Waals surface area contributed by atoms with Crippen LogP contribution in [-0.2, 0) is 0 Å². The van der Waals surface area contributed by atoms with Gasteiger partial charge in [0.2, 0.25) is 0 Å². The normalized spacial score (nSPS) is 12.0. The maximum absolute atomic E-state index is 6.21. The summed E-state index contributed by atoms with van der Waals surface area (Å²) in [6.07, 6.45) is 0. The molecule has 0 amide bonds. The Morgan fingerprint density at radius 1 is 0.818 bits per heavy atom. The van der Waals surface area contributed by atoms with Gasteiger partial charge in [-0.3, -0.25) is 0 Å². The molecule has 4 rings (SSSR count). The molecule has 1 heterocycles. The lowest BCUT2D eigenvalue weighted by atomic mass is 10.2. The quantitative estimate of drug-likeness (QED) is 0.388. The van der Waals surface area contributed by atoms with Crippen LogP contribution in [0.4, 0.5) is 0 Å². The second kappa shape index (κ2) is 5.31. The van der Waals surface area contributed by atoms with E-state index in [1.165, 1.54) is 25.1 Å². The van der Waals surface area contributed by atoms with Crippen molar-refractivity contribution >= 4 is 42.2 Å². The largest absolute Gasteiger partial charge is 0.497 e. The zero-order chi connectivity index (χ0) is 15.1. The summed E-state index contributed by atoms with van der Waals surface area (Å²) >= 11 is 6.21. The van der Waals surface area contributed by atoms with E-state index in [4.69, 9.17) is 16.3 Å². The summed E-state index contributed by atoms with van der Waals surface area (Å²) in [6.45, 7) is 0. The van der Waals surface area contributed by atoms with E-state index in [1.807, 2.05) is 18.2 Å². The summed E-state index contributed by atoms with van der Waals surface area (Å²) < 4.78 is 7.98. The molecule has 1 atom stereocenters. The molecule has 1 aromatic heterocycles. The highest BCUT2D eigenvalue weighted by Gasteiger charge is 2.23. The number of ether oxygens (including phenoxy) is 1. The minimum atomic E-state index is -0.0733. The third kappa shape index (κ3) is 2.07. The SMILES string of the molecule is COc1ccc(-[s+]2c3ccccc3c3cc(Cl)ccc32)cc1. The van der Waals surface area contributed by atoms with E-state index >= 15 is 0 Å². The first kappa shape index (κ1) is 13.6. The summed E-state index contributed by atoms with van der Waals surface area (Å²) in [5.74, 6) is 0.885. The maximum Gasteiger partial charge on any atom is 0.187 e. The van der Waals surface area contributed by atoms with Crippen LogP contribution in [-0.4, -0.2) is 7.11 Å². The van der Waals surface area contributed by atoms with Crippen LogP contribution in [0.2, 0.25) is 5.02 Å². The Bertz CT molecular complexity index is 970. The monoisotopic (exact) mass is 325 g/mol. The predicted molar refractivity (Wildman–Crippen MR) is 96.8 cm³/mol. The summed E-state index contributed by atoms with van der Waals surface area (Å²) in [7, 11) is 1.62. The van der Waals surface area contributed by atoms with Crippen LogP contribution >= 0.6 is 22.1 Å². The average molecular weight is 326 g/mol. The minimum absolute atomic E-state index is 0.0733. The molecule has 0 spiro atoms. The fourth-order valence-electron chi connectivity index (χ4n) is 2.84. The van der Waals surface area contributed by atoms with Crippen LogP contribution in [0.15, 0.2) is 66.7 Å². The predicted octanol–water partition coefficient (Wildman–Crippen LogP) is 6.39. The molecule has 0 aliphatic carbocycles. The molecule has 0 bridgehead atoms. The van der Waals surface area contributed by atoms with E-state index < -0.39 is 0 Å². The van der Waals surface area contributed by atoms with Crippen molar-refractivity contribution in [2.45, 2.75) is 0 Å². The van der Waals surface area contributed by atoms with Gasteiger partial charge in [-0.05, 0) is 36.4 Å². The molecule has 1 nitrogen and oxygen atoms in total. The Morgan fingerprint density at radius 3 is 2.32 bits per heavy atom. The number of hydrogen-bond donors (Lipinski definition) is 0. The zero-order valence-corrected chi connectivity index (χ0v) is 13.6. The smallest absolute Gasteiger partial charge is 0.187 e. The van der Waals surface area contributed by atoms with Crippen LogP contribution in [0.25, 0.3) is 25.1 Å². The van der Waals surface area contributed by atoms with E-state index in [0.29, 0.717) is 0 Å². The van der Waals surface area contributed by atoms with Gasteiger partial charge in [0.15, 0.2) is 14.3 Å². The standard InChI is InChI=1S/C19H14ClOS/c1-21-14-7-9-15(10-8-14)22-18-5-3-2-4-16(18)17-12-13(20)6-11-19(17)22/h2-12H,1H3/q+1. The molecule has 4 aromatic rings. The molecule has 0 fully saturated rings. The zero-order valence-electron chi connectivity index (χ0n) is 12.0. The van der Waals surface area contributed by atoms with Gasteiger partial charge in [0, 0.05) is 44.5 Å². The molecule has 0 N–H and O–H groups in total. The van der Waals surface area contributed by atoms with E-state index in [9.17, 15) is 0 Å². The van der Waals surface area contributed by atoms with Crippen LogP contribution in [0.3, 0.4) is 0 Å². The van der Waals surface area contributed by atoms with Crippen LogP contribution in [0.1, 0.15) is 0 Å². The van der Waals surface area contributed by atoms with Crippen molar-refractivity contribution in [2.24, 2.45) is 0 Å². The molecule has 1 unspecified atom stereocenters. The lowest BCUT2D eigenvalue weighted by Crippen LogP contribution is -1.80. The van der Waals surface area contributed by atoms with E-state index in [-0.39, 0.29) is 10.5 Å². The van der Waals surface area contributed by atoms with Gasteiger partial charge in [0.05, 0.1) is 7.11 Å². The van der Waals surface area contributed by atoms with Crippen LogP contribution in [0.5, 0.6) is 5.75 Å². The summed E-state index contributed by atoms with van der Waals surface area (Å²) in [6, 6.07) is 23.2. The van der Waals surface area contributed by atoms with Gasteiger partial charge in [0.1, 0.15) is 5.75 Å². The van der Waals surface area contributed by atoms with Crippen LogP contribution < -0.4 is 4.74 Å². The summed E-state index contributed by atoms with van der Waals surface area (Å²) in [5, 5.41) is 3.33. The first-order chi connectivity index (χ1) is 10.8. The first-order valence-electron chi connectivity index (χ1n) is 7.05. The number of fused-ring (bicyclic) bond motifs is 3. The summed E-state index contributed by atoms with van der Waals surface area (Å²) in [5.41, 5.74) is 0. The molecule has 0 saturated carbocycles. The average Bonchev–Trinajstić information content (AvgIpc) is 2.89. The highest BCUT2D eigenvalue weighted by Crippen LogP contribution is 2.48. The molecule has 22 heavy (non-hydrogen) atoms. The van der Waals surface area contributed by atoms with E-state index in [0.717, 1.165) is 10.8 Å². The van der Waals surface area contributed by atoms with Gasteiger partial charge in [-0.15, -0.1) is 0 Å². The van der Waals surface area contributed by atoms with E-state index in [2.05, 4.69) is 48.5 Å². The van der Waals surface area contributed by atoms with Gasteiger partial charge in [0.25, 0.3) is 0 Å². The first-order valence-corrected chi connectivity index (χ1v) is 8.65. The molecule has 0 radical (unpaired) electrons. The lowest BCUT2D eigenvalue weighted by Gasteiger charge is -1.98. The fourth-order valence-corrected chi connectivity index (χ4v) is 5.37. The van der Waals surface area contributed by atoms with Crippen molar-refractivity contribution in [1.29, 1.82) is 0 Å². The van der Waals surface area contributed by atoms with Gasteiger partial charge in [-0.1, -0.05) is 23.7 Å². The molecule has 3 aromatic carbocycles. The number of thiophene rings is 1. The number of methoxy groups -OCH3 is 1. The highest BCUT2D eigenvalue weighted by atomic mass is 35.5. The maximum atomic E-state index is 6.21. The molecular weight excluding hydrogens is 312 g/mol. The minimum Gasteiger partial charge on any atom is -0.497 e. The second-order valence-electron chi connectivity index (χ2n) is 5.12. The molecule has 0 aliphatic heterocycles. The van der Waals surface area contributed by atoms with Crippen molar-refractivity contribution in [3.8, 4) is 10.6 Å². The molecule has 0 aliphatic rings. The van der Waals surface area contributed by atoms with Crippen molar-refractivity contribution < 1.29 is 4.74 Å². The van der Waals surface area contributed by atoms with Crippen molar-refractivity contribution in [1.82, 2.24) is 0 Å². The summed E-state index contributed by atoms with van der Waals surface area (Å²) in [4.78, 5) is 1.30. The lowest BCUT2D eigenvalue weighted by molar-refractivity contribution is 0.415. The third-order valence-electron chi connectivity index (χ3n) is 3.85. The number of halogens is 1. The van der Waals surface area contributed by atoms with Crippen molar-refractivity contribution in [2.75, 3.05) is 7.11 Å². The number of rotatable bonds is 2. The highest BCUT2D eigenvalue weighted by molar-refractivity contribution is 7.50. The molecule has 108 valence electrons. The van der Waals surface area contributed by atoms with Gasteiger partial charge in [-0.2, -0.15) is 0 Å². The van der Waals surface area contributed by atoms with E-state index in [1.54, 1.807) is 7.11 Å². The number of benzene rings is 3. The molecule has 0 saturated heterocycles. The number of hydrogen-bond acceptors (Lipinski definition) is 1. The van der Waals surface area contributed by atoms with Crippen molar-refractivity contribution in [3.63, 3.8) is 0 Å². The third-order valence-corrected chi connectivity index (χ3v) is 6.42. The Kier molecular flexibility index (Phi) is 3.29. The Balaban J connectivity index is 2.09. The van der Waals surface area contributed by atoms with Crippen molar-refractivity contribution in [3.05, 3.63) is 71.8 Å². The van der Waals surface area contributed by atoms with Gasteiger partial charge >= 0.3 is 0 Å². The molecule has 3 heteroatoms. The Labute approximate surface area is 136 Å². The van der Waals surface area contributed by atoms with Gasteiger partial charge in [-0.25, -0.2) is 0 Å². The Hall–Kier alpha value is -2.03. The second-order valence-corrected chi connectivity index (χ2v) is 7.52. The fraction of sp³-hybridized carbons (Fsp3) is 0.0526. The molecular formula is C19H14ClOS+. The Morgan fingerprint density at radius 2 is 1.55 bits per heavy atom. The topological polar surface area (TPSA) is 9.23 Å². The van der Waals surface area contributed by atoms with Gasteiger partial charge < -0.3 is 4.74 Å². The van der Waals surface area contributed by atoms with Crippen LogP contribution in [0, 0.1) is 0 Å².